The van der Waals surface area contributed by atoms with E-state index in [-0.39, 0.29) is 0 Å². The maximum atomic E-state index is 5.88. The van der Waals surface area contributed by atoms with E-state index in [2.05, 4.69) is 20.1 Å². The van der Waals surface area contributed by atoms with Gasteiger partial charge in [0.1, 0.15) is 0 Å². The van der Waals surface area contributed by atoms with E-state index in [9.17, 15) is 0 Å². The third-order valence-corrected chi connectivity index (χ3v) is 2.73. The average Bonchev–Trinajstić information content (AvgIpc) is 2.75. The Balaban J connectivity index is 1.93. The normalized spacial score (nSPS) is 14.3. The van der Waals surface area contributed by atoms with Crippen molar-refractivity contribution in [1.29, 1.82) is 0 Å². The van der Waals surface area contributed by atoms with E-state index >= 15 is 0 Å². The van der Waals surface area contributed by atoms with Crippen LogP contribution in [0.5, 0.6) is 0 Å². The molecule has 0 saturated carbocycles. The fourth-order valence-corrected chi connectivity index (χ4v) is 1.81. The summed E-state index contributed by atoms with van der Waals surface area (Å²) in [5.41, 5.74) is 1.59. The van der Waals surface area contributed by atoms with Crippen LogP contribution in [-0.4, -0.2) is 27.9 Å². The van der Waals surface area contributed by atoms with Crippen molar-refractivity contribution in [3.05, 3.63) is 47.5 Å². The van der Waals surface area contributed by atoms with Crippen LogP contribution in [0.15, 0.2) is 46.2 Å². The first-order valence-corrected chi connectivity index (χ1v) is 6.01. The van der Waals surface area contributed by atoms with Crippen molar-refractivity contribution in [2.24, 2.45) is 4.99 Å². The minimum Gasteiger partial charge on any atom is -0.334 e. The molecule has 0 unspecified atom stereocenters. The lowest BCUT2D eigenvalue weighted by molar-refractivity contribution is 0.428. The molecule has 0 spiro atoms. The van der Waals surface area contributed by atoms with Gasteiger partial charge in [-0.15, -0.1) is 0 Å². The minimum atomic E-state index is 0.392. The highest BCUT2D eigenvalue weighted by Crippen LogP contribution is 2.22. The Morgan fingerprint density at radius 3 is 3.05 bits per heavy atom. The monoisotopic (exact) mass is 272 g/mol. The highest BCUT2D eigenvalue weighted by Gasteiger charge is 2.13. The highest BCUT2D eigenvalue weighted by atomic mass is 35.5. The maximum Gasteiger partial charge on any atom is 0.259 e. The van der Waals surface area contributed by atoms with Gasteiger partial charge in [-0.25, -0.2) is 0 Å². The van der Waals surface area contributed by atoms with Crippen LogP contribution in [0.4, 0.5) is 0 Å². The summed E-state index contributed by atoms with van der Waals surface area (Å²) in [7, 11) is 0. The summed E-state index contributed by atoms with van der Waals surface area (Å²) in [5.74, 6) is 0.918. The number of aromatic nitrogens is 3. The van der Waals surface area contributed by atoms with Gasteiger partial charge in [0, 0.05) is 24.2 Å². The molecule has 0 saturated heterocycles. The summed E-state index contributed by atoms with van der Waals surface area (Å²) < 4.78 is 5.22. The number of rotatable bonds is 2. The second-order valence-electron chi connectivity index (χ2n) is 3.88. The van der Waals surface area contributed by atoms with Gasteiger partial charge in [-0.1, -0.05) is 28.9 Å². The number of hydrogen-bond acceptors (Lipinski definition) is 5. The standard InChI is InChI=1S/C13H9ClN4O/c14-11-5-10(7-16-8-11)13-17-12(18-19-13)9-3-1-2-4-15-6-9/h1-5,7-8H,6H2. The first-order valence-electron chi connectivity index (χ1n) is 5.63. The van der Waals surface area contributed by atoms with Crippen LogP contribution < -0.4 is 0 Å². The molecule has 0 N–H and O–H groups in total. The number of nitrogens with zero attached hydrogens (tertiary/aromatic N) is 4. The van der Waals surface area contributed by atoms with E-state index in [1.54, 1.807) is 24.7 Å². The zero-order valence-electron chi connectivity index (χ0n) is 9.82. The molecule has 5 nitrogen and oxygen atoms in total. The summed E-state index contributed by atoms with van der Waals surface area (Å²) in [5, 5.41) is 4.48. The summed E-state index contributed by atoms with van der Waals surface area (Å²) >= 11 is 5.88. The van der Waals surface area contributed by atoms with Gasteiger partial charge < -0.3 is 4.52 Å². The first-order chi connectivity index (χ1) is 9.33. The lowest BCUT2D eigenvalue weighted by Gasteiger charge is -1.95. The predicted molar refractivity (Wildman–Crippen MR) is 73.0 cm³/mol. The van der Waals surface area contributed by atoms with Crippen LogP contribution in [0.1, 0.15) is 5.82 Å². The second kappa shape index (κ2) is 5.16. The fraction of sp³-hybridized carbons (Fsp3) is 0.0769. The zero-order valence-corrected chi connectivity index (χ0v) is 10.6. The summed E-state index contributed by atoms with van der Waals surface area (Å²) in [6.45, 7) is 0.528. The molecule has 3 heterocycles. The molecule has 1 aliphatic heterocycles. The number of allylic oxidation sites excluding steroid dienone is 3. The van der Waals surface area contributed by atoms with E-state index in [1.807, 2.05) is 18.2 Å². The Hall–Kier alpha value is -2.27. The van der Waals surface area contributed by atoms with Crippen LogP contribution in [0.2, 0.25) is 5.02 Å². The Bertz CT molecular complexity index is 687. The average molecular weight is 273 g/mol. The Morgan fingerprint density at radius 2 is 2.16 bits per heavy atom. The molecule has 0 amide bonds. The fourth-order valence-electron chi connectivity index (χ4n) is 1.63. The molecule has 0 aromatic carbocycles. The van der Waals surface area contributed by atoms with Crippen molar-refractivity contribution < 1.29 is 4.52 Å². The second-order valence-corrected chi connectivity index (χ2v) is 4.32. The molecule has 19 heavy (non-hydrogen) atoms. The SMILES string of the molecule is Clc1cncc(-c2nc(C3=CC=CC=NC3)no2)c1. The largest absolute Gasteiger partial charge is 0.334 e. The third kappa shape index (κ3) is 2.61. The molecule has 1 aliphatic rings. The molecule has 94 valence electrons. The van der Waals surface area contributed by atoms with Gasteiger partial charge in [-0.2, -0.15) is 4.98 Å². The Kier molecular flexibility index (Phi) is 3.20. The third-order valence-electron chi connectivity index (χ3n) is 2.53. The molecule has 2 aromatic heterocycles. The van der Waals surface area contributed by atoms with Gasteiger partial charge >= 0.3 is 0 Å². The van der Waals surface area contributed by atoms with Gasteiger partial charge in [0.2, 0.25) is 5.82 Å². The quantitative estimate of drug-likeness (QED) is 0.843. The van der Waals surface area contributed by atoms with E-state index in [0.717, 1.165) is 5.57 Å². The van der Waals surface area contributed by atoms with E-state index in [4.69, 9.17) is 16.1 Å². The Labute approximate surface area is 114 Å². The number of aliphatic imine (C=N–C) groups is 1. The van der Waals surface area contributed by atoms with Gasteiger partial charge in [0.05, 0.1) is 17.1 Å². The topological polar surface area (TPSA) is 64.2 Å². The van der Waals surface area contributed by atoms with Crippen LogP contribution in [0.3, 0.4) is 0 Å². The maximum absolute atomic E-state index is 5.88. The number of halogens is 1. The van der Waals surface area contributed by atoms with Gasteiger partial charge in [0.25, 0.3) is 5.89 Å². The molecule has 0 radical (unpaired) electrons. The van der Waals surface area contributed by atoms with Crippen molar-refractivity contribution in [2.45, 2.75) is 0 Å². The van der Waals surface area contributed by atoms with Crippen LogP contribution in [0.25, 0.3) is 17.0 Å². The lowest BCUT2D eigenvalue weighted by atomic mass is 10.2. The van der Waals surface area contributed by atoms with Gasteiger partial charge in [-0.3, -0.25) is 9.98 Å². The summed E-state index contributed by atoms with van der Waals surface area (Å²) in [6, 6.07) is 1.73. The zero-order chi connectivity index (χ0) is 13.1. The molecule has 3 rings (SSSR count). The minimum absolute atomic E-state index is 0.392. The van der Waals surface area contributed by atoms with Crippen molar-refractivity contribution in [3.63, 3.8) is 0 Å². The van der Waals surface area contributed by atoms with Gasteiger partial charge in [0.15, 0.2) is 0 Å². The number of pyridine rings is 1. The van der Waals surface area contributed by atoms with E-state index < -0.39 is 0 Å². The predicted octanol–water partition coefficient (Wildman–Crippen LogP) is 2.81. The molecule has 0 atom stereocenters. The molecule has 0 bridgehead atoms. The summed E-state index contributed by atoms with van der Waals surface area (Å²) in [4.78, 5) is 12.5. The van der Waals surface area contributed by atoms with Crippen LogP contribution in [-0.2, 0) is 0 Å². The van der Waals surface area contributed by atoms with Crippen molar-refractivity contribution in [3.8, 4) is 11.5 Å². The van der Waals surface area contributed by atoms with E-state index in [0.29, 0.717) is 28.8 Å². The van der Waals surface area contributed by atoms with Gasteiger partial charge in [-0.05, 0) is 12.1 Å². The van der Waals surface area contributed by atoms with Crippen molar-refractivity contribution in [2.75, 3.05) is 6.54 Å². The molecular weight excluding hydrogens is 264 g/mol. The molecular formula is C13H9ClN4O. The first kappa shape index (κ1) is 11.8. The Morgan fingerprint density at radius 1 is 1.21 bits per heavy atom. The van der Waals surface area contributed by atoms with Crippen LogP contribution >= 0.6 is 11.6 Å². The molecule has 0 aliphatic carbocycles. The molecule has 2 aromatic rings. The summed E-state index contributed by atoms with van der Waals surface area (Å²) in [6.07, 6.45) is 10.6. The smallest absolute Gasteiger partial charge is 0.259 e. The highest BCUT2D eigenvalue weighted by molar-refractivity contribution is 6.30. The number of hydrogen-bond donors (Lipinski definition) is 0. The van der Waals surface area contributed by atoms with Crippen LogP contribution in [0, 0.1) is 0 Å². The molecule has 6 heteroatoms. The molecule has 0 fully saturated rings. The van der Waals surface area contributed by atoms with E-state index in [1.165, 1.54) is 0 Å². The lowest BCUT2D eigenvalue weighted by Crippen LogP contribution is -1.91. The van der Waals surface area contributed by atoms with Crippen molar-refractivity contribution in [1.82, 2.24) is 15.1 Å². The van der Waals surface area contributed by atoms with Crippen molar-refractivity contribution >= 4 is 23.4 Å².